The van der Waals surface area contributed by atoms with Crippen LogP contribution in [0.15, 0.2) is 24.3 Å². The molecule has 1 unspecified atom stereocenters. The average molecular weight is 265 g/mol. The monoisotopic (exact) mass is 265 g/mol. The Morgan fingerprint density at radius 2 is 1.79 bits per heavy atom. The van der Waals surface area contributed by atoms with Gasteiger partial charge in [0, 0.05) is 5.41 Å². The van der Waals surface area contributed by atoms with Crippen LogP contribution < -0.4 is 5.32 Å². The highest BCUT2D eigenvalue weighted by Gasteiger charge is 2.35. The van der Waals surface area contributed by atoms with E-state index in [1.807, 2.05) is 13.8 Å². The van der Waals surface area contributed by atoms with Crippen molar-refractivity contribution in [3.63, 3.8) is 0 Å². The van der Waals surface area contributed by atoms with Crippen molar-refractivity contribution in [2.45, 2.75) is 25.3 Å². The highest BCUT2D eigenvalue weighted by Crippen LogP contribution is 2.27. The van der Waals surface area contributed by atoms with Crippen molar-refractivity contribution in [1.82, 2.24) is 5.32 Å². The Morgan fingerprint density at radius 3 is 2.16 bits per heavy atom. The molecule has 1 aromatic carbocycles. The number of likely N-dealkylation sites (N-methyl/N-ethyl adjacent to an activating group) is 1. The predicted molar refractivity (Wildman–Crippen MR) is 71.3 cm³/mol. The van der Waals surface area contributed by atoms with Crippen LogP contribution in [0.1, 0.15) is 29.8 Å². The zero-order chi connectivity index (χ0) is 14.6. The molecule has 0 aliphatic carbocycles. The lowest BCUT2D eigenvalue weighted by atomic mass is 9.77. The topological polar surface area (TPSA) is 75.6 Å². The van der Waals surface area contributed by atoms with E-state index < -0.39 is 23.4 Å². The molecular formula is C14H19NO4. The van der Waals surface area contributed by atoms with Crippen LogP contribution in [0.4, 0.5) is 0 Å². The minimum atomic E-state index is -0.912. The van der Waals surface area contributed by atoms with E-state index in [0.29, 0.717) is 5.56 Å². The van der Waals surface area contributed by atoms with Gasteiger partial charge in [0.1, 0.15) is 6.04 Å². The molecule has 2 N–H and O–H groups in total. The van der Waals surface area contributed by atoms with Crippen molar-refractivity contribution in [1.29, 1.82) is 0 Å². The molecule has 0 fully saturated rings. The summed E-state index contributed by atoms with van der Waals surface area (Å²) in [6, 6.07) is 6.06. The van der Waals surface area contributed by atoms with Crippen LogP contribution in [0.25, 0.3) is 0 Å². The molecule has 5 nitrogen and oxygen atoms in total. The molecule has 5 heteroatoms. The van der Waals surface area contributed by atoms with E-state index in [2.05, 4.69) is 10.1 Å². The van der Waals surface area contributed by atoms with Crippen LogP contribution in [-0.4, -0.2) is 37.2 Å². The number of carbonyl (C=O) groups is 2. The molecule has 0 spiro atoms. The molecular weight excluding hydrogens is 246 g/mol. The van der Waals surface area contributed by atoms with Gasteiger partial charge in [0.25, 0.3) is 0 Å². The molecule has 0 aliphatic rings. The normalized spacial score (nSPS) is 12.8. The Hall–Kier alpha value is -1.88. The van der Waals surface area contributed by atoms with E-state index in [9.17, 15) is 14.7 Å². The molecule has 0 saturated heterocycles. The first-order valence-corrected chi connectivity index (χ1v) is 5.93. The van der Waals surface area contributed by atoms with Crippen molar-refractivity contribution in [2.24, 2.45) is 0 Å². The number of nitrogens with one attached hydrogen (secondary N) is 1. The fourth-order valence-corrected chi connectivity index (χ4v) is 2.11. The number of esters is 1. The molecule has 0 amide bonds. The van der Waals surface area contributed by atoms with E-state index in [4.69, 9.17) is 0 Å². The van der Waals surface area contributed by atoms with Crippen LogP contribution in [0.3, 0.4) is 0 Å². The van der Waals surface area contributed by atoms with Gasteiger partial charge in [-0.15, -0.1) is 0 Å². The number of hydrogen-bond donors (Lipinski definition) is 2. The van der Waals surface area contributed by atoms with Crippen LogP contribution in [0.2, 0.25) is 0 Å². The van der Waals surface area contributed by atoms with E-state index in [1.165, 1.54) is 7.11 Å². The highest BCUT2D eigenvalue weighted by atomic mass is 16.5. The summed E-state index contributed by atoms with van der Waals surface area (Å²) < 4.78 is 4.62. The van der Waals surface area contributed by atoms with Crippen molar-refractivity contribution in [3.05, 3.63) is 35.4 Å². The summed E-state index contributed by atoms with van der Waals surface area (Å²) in [7, 11) is 2.94. The number of carboxylic acids is 1. The third kappa shape index (κ3) is 3.12. The molecule has 0 bridgehead atoms. The summed E-state index contributed by atoms with van der Waals surface area (Å²) in [6.07, 6.45) is 0. The van der Waals surface area contributed by atoms with Crippen LogP contribution >= 0.6 is 0 Å². The van der Waals surface area contributed by atoms with Gasteiger partial charge >= 0.3 is 11.9 Å². The number of aliphatic carboxylic acids is 1. The minimum Gasteiger partial charge on any atom is -0.480 e. The number of benzene rings is 1. The lowest BCUT2D eigenvalue weighted by Crippen LogP contribution is -2.48. The van der Waals surface area contributed by atoms with Crippen LogP contribution in [-0.2, 0) is 14.9 Å². The van der Waals surface area contributed by atoms with Crippen molar-refractivity contribution >= 4 is 11.9 Å². The molecule has 0 aromatic heterocycles. The maximum atomic E-state index is 11.3. The first-order valence-electron chi connectivity index (χ1n) is 5.93. The van der Waals surface area contributed by atoms with Gasteiger partial charge in [-0.05, 0) is 24.7 Å². The molecule has 0 radical (unpaired) electrons. The van der Waals surface area contributed by atoms with E-state index in [0.717, 1.165) is 5.56 Å². The van der Waals surface area contributed by atoms with Gasteiger partial charge in [0.05, 0.1) is 12.7 Å². The van der Waals surface area contributed by atoms with Gasteiger partial charge in [-0.3, -0.25) is 4.79 Å². The molecule has 1 aromatic rings. The Morgan fingerprint density at radius 1 is 1.26 bits per heavy atom. The zero-order valence-corrected chi connectivity index (χ0v) is 11.6. The van der Waals surface area contributed by atoms with Gasteiger partial charge in [0.2, 0.25) is 0 Å². The lowest BCUT2D eigenvalue weighted by Gasteiger charge is -2.31. The van der Waals surface area contributed by atoms with Gasteiger partial charge in [-0.1, -0.05) is 26.0 Å². The summed E-state index contributed by atoms with van der Waals surface area (Å²) in [4.78, 5) is 22.6. The zero-order valence-electron chi connectivity index (χ0n) is 11.6. The fraction of sp³-hybridized carbons (Fsp3) is 0.429. The smallest absolute Gasteiger partial charge is 0.337 e. The maximum absolute atomic E-state index is 11.3. The number of hydrogen-bond acceptors (Lipinski definition) is 4. The second-order valence-electron chi connectivity index (χ2n) is 4.85. The molecule has 104 valence electrons. The summed E-state index contributed by atoms with van der Waals surface area (Å²) in [6.45, 7) is 3.69. The van der Waals surface area contributed by atoms with Gasteiger partial charge < -0.3 is 15.2 Å². The Balaban J connectivity index is 3.08. The predicted octanol–water partition coefficient (Wildman–Crippen LogP) is 1.42. The first-order chi connectivity index (χ1) is 8.84. The average Bonchev–Trinajstić information content (AvgIpc) is 2.38. The van der Waals surface area contributed by atoms with Crippen molar-refractivity contribution < 1.29 is 19.4 Å². The fourth-order valence-electron chi connectivity index (χ4n) is 2.11. The quantitative estimate of drug-likeness (QED) is 0.788. The molecule has 0 heterocycles. The summed E-state index contributed by atoms with van der Waals surface area (Å²) in [5.41, 5.74) is 0.676. The summed E-state index contributed by atoms with van der Waals surface area (Å²) in [5.74, 6) is -1.32. The van der Waals surface area contributed by atoms with Crippen LogP contribution in [0.5, 0.6) is 0 Å². The number of ether oxygens (including phenoxy) is 1. The Bertz CT molecular complexity index is 465. The SMILES string of the molecule is CNC(C(=O)O)C(C)(C)c1ccc(C(=O)OC)cc1. The standard InChI is InChI=1S/C14H19NO4/c1-14(2,11(15-3)12(16)17)10-7-5-9(6-8-10)13(18)19-4/h5-8,11,15H,1-4H3,(H,16,17). The number of carbonyl (C=O) groups excluding carboxylic acids is 1. The number of carboxylic acid groups (broad SMARTS) is 1. The maximum Gasteiger partial charge on any atom is 0.337 e. The van der Waals surface area contributed by atoms with Gasteiger partial charge in [-0.2, -0.15) is 0 Å². The molecule has 1 atom stereocenters. The Kier molecular flexibility index (Phi) is 4.67. The second-order valence-corrected chi connectivity index (χ2v) is 4.85. The largest absolute Gasteiger partial charge is 0.480 e. The first kappa shape index (κ1) is 15.2. The summed E-state index contributed by atoms with van der Waals surface area (Å²) in [5, 5.41) is 12.0. The van der Waals surface area contributed by atoms with Crippen molar-refractivity contribution in [3.8, 4) is 0 Å². The third-order valence-corrected chi connectivity index (χ3v) is 3.31. The van der Waals surface area contributed by atoms with E-state index in [-0.39, 0.29) is 0 Å². The Labute approximate surface area is 112 Å². The molecule has 0 aliphatic heterocycles. The second kappa shape index (κ2) is 5.84. The molecule has 0 saturated carbocycles. The van der Waals surface area contributed by atoms with Gasteiger partial charge in [0.15, 0.2) is 0 Å². The van der Waals surface area contributed by atoms with Crippen LogP contribution in [0, 0.1) is 0 Å². The minimum absolute atomic E-state index is 0.409. The van der Waals surface area contributed by atoms with Crippen molar-refractivity contribution in [2.75, 3.05) is 14.2 Å². The third-order valence-electron chi connectivity index (χ3n) is 3.31. The van der Waals surface area contributed by atoms with Gasteiger partial charge in [-0.25, -0.2) is 4.79 Å². The van der Waals surface area contributed by atoms with E-state index in [1.54, 1.807) is 31.3 Å². The molecule has 1 rings (SSSR count). The lowest BCUT2D eigenvalue weighted by molar-refractivity contribution is -0.141. The number of rotatable bonds is 5. The number of methoxy groups -OCH3 is 1. The highest BCUT2D eigenvalue weighted by molar-refractivity contribution is 5.89. The molecule has 19 heavy (non-hydrogen) atoms. The van der Waals surface area contributed by atoms with E-state index >= 15 is 0 Å². The summed E-state index contributed by atoms with van der Waals surface area (Å²) >= 11 is 0.